The first-order chi connectivity index (χ1) is 16.5. The summed E-state index contributed by atoms with van der Waals surface area (Å²) >= 11 is 5.92. The van der Waals surface area contributed by atoms with Crippen molar-refractivity contribution in [1.82, 2.24) is 14.9 Å². The van der Waals surface area contributed by atoms with Gasteiger partial charge in [0.05, 0.1) is 17.6 Å². The van der Waals surface area contributed by atoms with Gasteiger partial charge in [0.25, 0.3) is 5.91 Å². The number of benzene rings is 3. The summed E-state index contributed by atoms with van der Waals surface area (Å²) in [5.74, 6) is 1.78. The second-order valence-electron chi connectivity index (χ2n) is 8.50. The van der Waals surface area contributed by atoms with Crippen LogP contribution in [0.15, 0.2) is 66.7 Å². The molecule has 0 saturated heterocycles. The van der Waals surface area contributed by atoms with E-state index in [0.717, 1.165) is 58.7 Å². The van der Waals surface area contributed by atoms with E-state index in [-0.39, 0.29) is 5.91 Å². The Morgan fingerprint density at radius 1 is 1.03 bits per heavy atom. The predicted octanol–water partition coefficient (Wildman–Crippen LogP) is 6.14. The van der Waals surface area contributed by atoms with Crippen LogP contribution < -0.4 is 10.1 Å². The SMILES string of the molecule is Cc1ccc(C(=O)NCCc2nc3ccccc3n2CCCCOc2ccc(Cl)cc2)c(C)c1. The topological polar surface area (TPSA) is 56.2 Å². The second kappa shape index (κ2) is 11.2. The Morgan fingerprint density at radius 2 is 1.82 bits per heavy atom. The van der Waals surface area contributed by atoms with Crippen LogP contribution in [0.2, 0.25) is 5.02 Å². The second-order valence-corrected chi connectivity index (χ2v) is 8.94. The number of imidazole rings is 1. The van der Waals surface area contributed by atoms with Crippen molar-refractivity contribution < 1.29 is 9.53 Å². The van der Waals surface area contributed by atoms with Crippen molar-refractivity contribution in [2.45, 2.75) is 39.7 Å². The third-order valence-electron chi connectivity index (χ3n) is 5.85. The Hall–Kier alpha value is -3.31. The van der Waals surface area contributed by atoms with Gasteiger partial charge in [-0.3, -0.25) is 4.79 Å². The molecule has 0 aliphatic rings. The molecule has 1 aromatic heterocycles. The monoisotopic (exact) mass is 475 g/mol. The number of aryl methyl sites for hydroxylation is 3. The first kappa shape index (κ1) is 23.8. The van der Waals surface area contributed by atoms with E-state index in [4.69, 9.17) is 21.3 Å². The van der Waals surface area contributed by atoms with Crippen molar-refractivity contribution in [3.8, 4) is 5.75 Å². The summed E-state index contributed by atoms with van der Waals surface area (Å²) < 4.78 is 8.08. The molecule has 1 N–H and O–H groups in total. The third-order valence-corrected chi connectivity index (χ3v) is 6.10. The number of para-hydroxylation sites is 2. The highest BCUT2D eigenvalue weighted by atomic mass is 35.5. The summed E-state index contributed by atoms with van der Waals surface area (Å²) in [6.45, 7) is 6.04. The number of hydrogen-bond acceptors (Lipinski definition) is 3. The first-order valence-corrected chi connectivity index (χ1v) is 12.1. The maximum Gasteiger partial charge on any atom is 0.251 e. The van der Waals surface area contributed by atoms with E-state index in [1.54, 1.807) is 0 Å². The number of ether oxygens (including phenoxy) is 1. The minimum atomic E-state index is -0.0421. The number of fused-ring (bicyclic) bond motifs is 1. The maximum atomic E-state index is 12.6. The summed E-state index contributed by atoms with van der Waals surface area (Å²) in [5.41, 5.74) is 4.97. The molecule has 0 aliphatic heterocycles. The Bertz CT molecular complexity index is 1260. The summed E-state index contributed by atoms with van der Waals surface area (Å²) in [5, 5.41) is 3.76. The fourth-order valence-corrected chi connectivity index (χ4v) is 4.24. The zero-order valence-electron chi connectivity index (χ0n) is 19.7. The quantitative estimate of drug-likeness (QED) is 0.280. The van der Waals surface area contributed by atoms with Crippen molar-refractivity contribution >= 4 is 28.5 Å². The van der Waals surface area contributed by atoms with Crippen LogP contribution in [0.3, 0.4) is 0 Å². The largest absolute Gasteiger partial charge is 0.494 e. The van der Waals surface area contributed by atoms with E-state index < -0.39 is 0 Å². The van der Waals surface area contributed by atoms with Crippen LogP contribution in [0.5, 0.6) is 5.75 Å². The van der Waals surface area contributed by atoms with E-state index in [9.17, 15) is 4.79 Å². The minimum Gasteiger partial charge on any atom is -0.494 e. The number of carbonyl (C=O) groups excluding carboxylic acids is 1. The molecule has 4 rings (SSSR count). The van der Waals surface area contributed by atoms with E-state index in [1.165, 1.54) is 0 Å². The van der Waals surface area contributed by atoms with Crippen molar-refractivity contribution in [2.24, 2.45) is 0 Å². The van der Waals surface area contributed by atoms with Gasteiger partial charge in [-0.2, -0.15) is 0 Å². The highest BCUT2D eigenvalue weighted by Crippen LogP contribution is 2.19. The smallest absolute Gasteiger partial charge is 0.251 e. The normalized spacial score (nSPS) is 11.0. The van der Waals surface area contributed by atoms with Gasteiger partial charge in [0, 0.05) is 30.1 Å². The van der Waals surface area contributed by atoms with Gasteiger partial charge in [0.15, 0.2) is 0 Å². The lowest BCUT2D eigenvalue weighted by Gasteiger charge is -2.11. The van der Waals surface area contributed by atoms with Gasteiger partial charge in [-0.15, -0.1) is 0 Å². The Balaban J connectivity index is 1.34. The molecule has 1 amide bonds. The molecule has 176 valence electrons. The van der Waals surface area contributed by atoms with Crippen molar-refractivity contribution in [1.29, 1.82) is 0 Å². The highest BCUT2D eigenvalue weighted by Gasteiger charge is 2.12. The number of hydrogen-bond donors (Lipinski definition) is 1. The van der Waals surface area contributed by atoms with Gasteiger partial charge < -0.3 is 14.6 Å². The summed E-state index contributed by atoms with van der Waals surface area (Å²) in [7, 11) is 0. The Labute approximate surface area is 205 Å². The lowest BCUT2D eigenvalue weighted by atomic mass is 10.1. The lowest BCUT2D eigenvalue weighted by molar-refractivity contribution is 0.0953. The molecule has 1 heterocycles. The summed E-state index contributed by atoms with van der Waals surface area (Å²) in [4.78, 5) is 17.5. The molecule has 0 atom stereocenters. The molecule has 0 fully saturated rings. The number of amides is 1. The average molecular weight is 476 g/mol. The highest BCUT2D eigenvalue weighted by molar-refractivity contribution is 6.30. The zero-order valence-corrected chi connectivity index (χ0v) is 20.4. The number of unbranched alkanes of at least 4 members (excludes halogenated alkanes) is 1. The van der Waals surface area contributed by atoms with Gasteiger partial charge in [-0.25, -0.2) is 4.98 Å². The molecule has 6 heteroatoms. The molecular weight excluding hydrogens is 446 g/mol. The van der Waals surface area contributed by atoms with Crippen LogP contribution in [-0.4, -0.2) is 28.6 Å². The number of nitrogens with one attached hydrogen (secondary N) is 1. The van der Waals surface area contributed by atoms with Gasteiger partial charge in [0.2, 0.25) is 0 Å². The van der Waals surface area contributed by atoms with Crippen molar-refractivity contribution in [3.05, 3.63) is 94.3 Å². The van der Waals surface area contributed by atoms with Crippen LogP contribution >= 0.6 is 11.6 Å². The molecule has 0 unspecified atom stereocenters. The van der Waals surface area contributed by atoms with E-state index >= 15 is 0 Å². The molecule has 0 radical (unpaired) electrons. The zero-order chi connectivity index (χ0) is 23.9. The number of nitrogens with zero attached hydrogens (tertiary/aromatic N) is 2. The number of carbonyl (C=O) groups is 1. The third kappa shape index (κ3) is 5.97. The van der Waals surface area contributed by atoms with Crippen LogP contribution in [0.4, 0.5) is 0 Å². The molecule has 0 spiro atoms. The van der Waals surface area contributed by atoms with Crippen LogP contribution in [0.1, 0.15) is 40.2 Å². The van der Waals surface area contributed by atoms with Gasteiger partial charge in [-0.1, -0.05) is 41.4 Å². The molecule has 0 bridgehead atoms. The summed E-state index contributed by atoms with van der Waals surface area (Å²) in [6, 6.07) is 21.5. The minimum absolute atomic E-state index is 0.0421. The molecule has 3 aromatic carbocycles. The molecule has 0 saturated carbocycles. The van der Waals surface area contributed by atoms with Crippen LogP contribution in [0, 0.1) is 13.8 Å². The molecular formula is C28H30ClN3O2. The van der Waals surface area contributed by atoms with Gasteiger partial charge in [0.1, 0.15) is 11.6 Å². The average Bonchev–Trinajstić information content (AvgIpc) is 3.17. The number of halogens is 1. The Morgan fingerprint density at radius 3 is 2.62 bits per heavy atom. The van der Waals surface area contributed by atoms with Gasteiger partial charge in [-0.05, 0) is 74.7 Å². The van der Waals surface area contributed by atoms with E-state index in [2.05, 4.69) is 16.0 Å². The standard InChI is InChI=1S/C28H30ClN3O2/c1-20-9-14-24(21(2)19-20)28(33)30-16-15-27-31-25-7-3-4-8-26(25)32(27)17-5-6-18-34-23-12-10-22(29)11-13-23/h3-4,7-14,19H,5-6,15-18H2,1-2H3,(H,30,33). The van der Waals surface area contributed by atoms with Gasteiger partial charge >= 0.3 is 0 Å². The van der Waals surface area contributed by atoms with Crippen molar-refractivity contribution in [3.63, 3.8) is 0 Å². The van der Waals surface area contributed by atoms with Crippen LogP contribution in [-0.2, 0) is 13.0 Å². The fourth-order valence-electron chi connectivity index (χ4n) is 4.11. The van der Waals surface area contributed by atoms with Crippen molar-refractivity contribution in [2.75, 3.05) is 13.2 Å². The molecule has 5 nitrogen and oxygen atoms in total. The first-order valence-electron chi connectivity index (χ1n) is 11.7. The van der Waals surface area contributed by atoms with Crippen LogP contribution in [0.25, 0.3) is 11.0 Å². The maximum absolute atomic E-state index is 12.6. The predicted molar refractivity (Wildman–Crippen MR) is 138 cm³/mol. The molecule has 4 aromatic rings. The molecule has 0 aliphatic carbocycles. The summed E-state index contributed by atoms with van der Waals surface area (Å²) in [6.07, 6.45) is 2.57. The number of aromatic nitrogens is 2. The Kier molecular flexibility index (Phi) is 7.86. The van der Waals surface area contributed by atoms with E-state index in [0.29, 0.717) is 24.6 Å². The lowest BCUT2D eigenvalue weighted by Crippen LogP contribution is -2.27. The fraction of sp³-hybridized carbons (Fsp3) is 0.286. The molecule has 34 heavy (non-hydrogen) atoms. The number of rotatable bonds is 10. The van der Waals surface area contributed by atoms with E-state index in [1.807, 2.05) is 74.5 Å².